The van der Waals surface area contributed by atoms with Crippen molar-refractivity contribution in [2.75, 3.05) is 26.1 Å². The van der Waals surface area contributed by atoms with E-state index in [2.05, 4.69) is 15.6 Å². The number of fused-ring (bicyclic) bond motifs is 1. The van der Waals surface area contributed by atoms with Gasteiger partial charge in [-0.15, -0.1) is 24.0 Å². The summed E-state index contributed by atoms with van der Waals surface area (Å²) in [6.07, 6.45) is 4.49. The average Bonchev–Trinajstić information content (AvgIpc) is 2.73. The number of aliphatic imine (C=N–C) groups is 1. The van der Waals surface area contributed by atoms with Crippen molar-refractivity contribution in [3.05, 3.63) is 47.0 Å². The number of halogens is 1. The van der Waals surface area contributed by atoms with Crippen LogP contribution in [0.3, 0.4) is 0 Å². The van der Waals surface area contributed by atoms with Crippen LogP contribution in [-0.2, 0) is 19.4 Å². The molecule has 0 unspecified atom stereocenters. The summed E-state index contributed by atoms with van der Waals surface area (Å²) in [5, 5.41) is 16.9. The van der Waals surface area contributed by atoms with Crippen LogP contribution in [0.25, 0.3) is 0 Å². The smallest absolute Gasteiger partial charge is 0.195 e. The Morgan fingerprint density at radius 1 is 1.14 bits per heavy atom. The van der Waals surface area contributed by atoms with Gasteiger partial charge in [0, 0.05) is 30.9 Å². The number of aryl methyl sites for hydroxylation is 1. The highest BCUT2D eigenvalue weighted by atomic mass is 127. The number of nitrogens with zero attached hydrogens (tertiary/aromatic N) is 1. The molecule has 6 nitrogen and oxygen atoms in total. The fourth-order valence-electron chi connectivity index (χ4n) is 3.60. The third-order valence-corrected chi connectivity index (χ3v) is 5.01. The van der Waals surface area contributed by atoms with Gasteiger partial charge in [0.1, 0.15) is 5.75 Å². The lowest BCUT2D eigenvalue weighted by Gasteiger charge is -2.21. The lowest BCUT2D eigenvalue weighted by molar-refractivity contribution is 0.311. The lowest BCUT2D eigenvalue weighted by atomic mass is 9.88. The van der Waals surface area contributed by atoms with Gasteiger partial charge in [0.2, 0.25) is 0 Å². The van der Waals surface area contributed by atoms with Gasteiger partial charge in [-0.1, -0.05) is 6.07 Å². The van der Waals surface area contributed by atoms with E-state index in [1.54, 1.807) is 20.2 Å². The molecule has 0 spiro atoms. The van der Waals surface area contributed by atoms with E-state index in [1.807, 2.05) is 31.2 Å². The fourth-order valence-corrected chi connectivity index (χ4v) is 3.60. The van der Waals surface area contributed by atoms with Gasteiger partial charge in [0.05, 0.1) is 13.7 Å². The van der Waals surface area contributed by atoms with E-state index in [4.69, 9.17) is 9.47 Å². The number of nitrogens with one attached hydrogen (secondary N) is 2. The van der Waals surface area contributed by atoms with Gasteiger partial charge in [0.25, 0.3) is 0 Å². The van der Waals surface area contributed by atoms with Crippen molar-refractivity contribution in [3.8, 4) is 17.2 Å². The van der Waals surface area contributed by atoms with Crippen LogP contribution in [0.5, 0.6) is 17.2 Å². The number of hydrogen-bond donors (Lipinski definition) is 3. The zero-order valence-corrected chi connectivity index (χ0v) is 19.6. The molecule has 29 heavy (non-hydrogen) atoms. The van der Waals surface area contributed by atoms with Gasteiger partial charge in [-0.2, -0.15) is 0 Å². The van der Waals surface area contributed by atoms with E-state index < -0.39 is 0 Å². The van der Waals surface area contributed by atoms with Crippen molar-refractivity contribution < 1.29 is 14.6 Å². The molecule has 0 atom stereocenters. The number of benzene rings is 2. The molecule has 3 N–H and O–H groups in total. The normalized spacial score (nSPS) is 13.1. The Labute approximate surface area is 189 Å². The first-order valence-corrected chi connectivity index (χ1v) is 9.77. The summed E-state index contributed by atoms with van der Waals surface area (Å²) < 4.78 is 11.0. The molecule has 7 heteroatoms. The van der Waals surface area contributed by atoms with E-state index >= 15 is 0 Å². The molecular formula is C22H30IN3O3. The van der Waals surface area contributed by atoms with E-state index in [0.29, 0.717) is 36.4 Å². The first-order valence-electron chi connectivity index (χ1n) is 9.77. The fraction of sp³-hybridized carbons (Fsp3) is 0.409. The quantitative estimate of drug-likeness (QED) is 0.303. The van der Waals surface area contributed by atoms with E-state index in [0.717, 1.165) is 24.1 Å². The molecule has 0 amide bonds. The SMILES string of the molecule is CCOc1ccc(NC(=NC)NCc2c(O)ccc3c2CCCC3)cc1OC.I. The first-order chi connectivity index (χ1) is 13.7. The minimum absolute atomic E-state index is 0. The van der Waals surface area contributed by atoms with Crippen LogP contribution in [0.4, 0.5) is 5.69 Å². The molecule has 2 aromatic carbocycles. The number of phenols is 1. The average molecular weight is 511 g/mol. The molecule has 0 bridgehead atoms. The summed E-state index contributed by atoms with van der Waals surface area (Å²) >= 11 is 0. The molecule has 2 aromatic rings. The van der Waals surface area contributed by atoms with Crippen LogP contribution < -0.4 is 20.1 Å². The minimum atomic E-state index is 0. The number of rotatable bonds is 6. The van der Waals surface area contributed by atoms with Gasteiger partial charge in [-0.3, -0.25) is 4.99 Å². The van der Waals surface area contributed by atoms with Crippen LogP contribution in [0.1, 0.15) is 36.5 Å². The summed E-state index contributed by atoms with van der Waals surface area (Å²) in [5.74, 6) is 2.33. The summed E-state index contributed by atoms with van der Waals surface area (Å²) in [7, 11) is 3.34. The predicted molar refractivity (Wildman–Crippen MR) is 128 cm³/mol. The molecule has 0 aromatic heterocycles. The van der Waals surface area contributed by atoms with E-state index in [9.17, 15) is 5.11 Å². The van der Waals surface area contributed by atoms with E-state index in [1.165, 1.54) is 24.0 Å². The Bertz CT molecular complexity index is 855. The monoisotopic (exact) mass is 511 g/mol. The van der Waals surface area contributed by atoms with Crippen molar-refractivity contribution in [3.63, 3.8) is 0 Å². The lowest BCUT2D eigenvalue weighted by Crippen LogP contribution is -2.30. The Morgan fingerprint density at radius 2 is 1.93 bits per heavy atom. The highest BCUT2D eigenvalue weighted by Crippen LogP contribution is 2.31. The molecule has 158 valence electrons. The Kier molecular flexibility index (Phi) is 8.88. The second kappa shape index (κ2) is 11.1. The first kappa shape index (κ1) is 23.1. The number of guanidine groups is 1. The third-order valence-electron chi connectivity index (χ3n) is 5.01. The second-order valence-electron chi connectivity index (χ2n) is 6.76. The zero-order valence-electron chi connectivity index (χ0n) is 17.2. The zero-order chi connectivity index (χ0) is 19.9. The number of phenolic OH excluding ortho intramolecular Hbond substituents is 1. The predicted octanol–water partition coefficient (Wildman–Crippen LogP) is 4.48. The van der Waals surface area contributed by atoms with Gasteiger partial charge in [-0.05, 0) is 61.9 Å². The maximum atomic E-state index is 10.4. The maximum Gasteiger partial charge on any atom is 0.195 e. The largest absolute Gasteiger partial charge is 0.508 e. The van der Waals surface area contributed by atoms with Gasteiger partial charge in [-0.25, -0.2) is 0 Å². The van der Waals surface area contributed by atoms with Crippen molar-refractivity contribution in [1.29, 1.82) is 0 Å². The Hall–Kier alpha value is -2.16. The molecule has 0 fully saturated rings. The molecule has 0 radical (unpaired) electrons. The molecular weight excluding hydrogens is 481 g/mol. The molecule has 0 saturated carbocycles. The Morgan fingerprint density at radius 3 is 2.66 bits per heavy atom. The summed E-state index contributed by atoms with van der Waals surface area (Å²) in [6, 6.07) is 9.51. The molecule has 1 aliphatic rings. The number of hydrogen-bond acceptors (Lipinski definition) is 4. The number of anilines is 1. The second-order valence-corrected chi connectivity index (χ2v) is 6.76. The van der Waals surface area contributed by atoms with E-state index in [-0.39, 0.29) is 24.0 Å². The van der Waals surface area contributed by atoms with Gasteiger partial charge in [0.15, 0.2) is 17.5 Å². The van der Waals surface area contributed by atoms with Crippen LogP contribution >= 0.6 is 24.0 Å². The van der Waals surface area contributed by atoms with Crippen molar-refractivity contribution >= 4 is 35.6 Å². The minimum Gasteiger partial charge on any atom is -0.508 e. The van der Waals surface area contributed by atoms with Crippen LogP contribution in [-0.4, -0.2) is 31.8 Å². The standard InChI is InChI=1S/C22H29N3O3.HI/c1-4-28-20-12-10-16(13-21(20)27-3)25-22(23-2)24-14-18-17-8-6-5-7-15(17)9-11-19(18)26;/h9-13,26H,4-8,14H2,1-3H3,(H2,23,24,25);1H. The summed E-state index contributed by atoms with van der Waals surface area (Å²) in [4.78, 5) is 4.30. The van der Waals surface area contributed by atoms with Gasteiger partial charge >= 0.3 is 0 Å². The number of aromatic hydroxyl groups is 1. The molecule has 0 aliphatic heterocycles. The highest BCUT2D eigenvalue weighted by Gasteiger charge is 2.16. The summed E-state index contributed by atoms with van der Waals surface area (Å²) in [6.45, 7) is 3.04. The molecule has 0 heterocycles. The maximum absolute atomic E-state index is 10.4. The number of ether oxygens (including phenoxy) is 2. The highest BCUT2D eigenvalue weighted by molar-refractivity contribution is 14.0. The molecule has 3 rings (SSSR count). The van der Waals surface area contributed by atoms with Crippen LogP contribution in [0, 0.1) is 0 Å². The van der Waals surface area contributed by atoms with Crippen LogP contribution in [0.15, 0.2) is 35.3 Å². The van der Waals surface area contributed by atoms with Crippen LogP contribution in [0.2, 0.25) is 0 Å². The molecule has 1 aliphatic carbocycles. The van der Waals surface area contributed by atoms with Crippen molar-refractivity contribution in [1.82, 2.24) is 5.32 Å². The van der Waals surface area contributed by atoms with Crippen molar-refractivity contribution in [2.24, 2.45) is 4.99 Å². The molecule has 0 saturated heterocycles. The van der Waals surface area contributed by atoms with Gasteiger partial charge < -0.3 is 25.2 Å². The van der Waals surface area contributed by atoms with Crippen molar-refractivity contribution in [2.45, 2.75) is 39.2 Å². The Balaban J connectivity index is 0.00000300. The number of methoxy groups -OCH3 is 1. The third kappa shape index (κ3) is 5.68. The summed E-state index contributed by atoms with van der Waals surface area (Å²) in [5.41, 5.74) is 4.43. The topological polar surface area (TPSA) is 75.1 Å².